The van der Waals surface area contributed by atoms with Crippen LogP contribution in [0.5, 0.6) is 0 Å². The van der Waals surface area contributed by atoms with E-state index in [1.807, 2.05) is 6.92 Å². The minimum absolute atomic E-state index is 0.267. The van der Waals surface area contributed by atoms with Crippen LogP contribution in [0.3, 0.4) is 0 Å². The third-order valence-corrected chi connectivity index (χ3v) is 2.12. The van der Waals surface area contributed by atoms with E-state index in [0.29, 0.717) is 12.2 Å². The molecule has 0 amide bonds. The van der Waals surface area contributed by atoms with Crippen LogP contribution in [-0.4, -0.2) is 31.3 Å². The highest BCUT2D eigenvalue weighted by molar-refractivity contribution is 5.68. The van der Waals surface area contributed by atoms with Crippen LogP contribution in [-0.2, 0) is 17.8 Å². The summed E-state index contributed by atoms with van der Waals surface area (Å²) in [6, 6.07) is 1.73. The van der Waals surface area contributed by atoms with Gasteiger partial charge in [0.1, 0.15) is 12.3 Å². The van der Waals surface area contributed by atoms with Crippen LogP contribution in [0, 0.1) is 0 Å². The van der Waals surface area contributed by atoms with E-state index in [4.69, 9.17) is 9.52 Å². The molecular formula is C9H10N4O3. The number of carboxylic acid groups (broad SMARTS) is 1. The zero-order valence-corrected chi connectivity index (χ0v) is 8.62. The summed E-state index contributed by atoms with van der Waals surface area (Å²) in [4.78, 5) is 10.6. The number of carbonyl (C=O) groups is 1. The van der Waals surface area contributed by atoms with Gasteiger partial charge in [-0.15, -0.1) is 5.10 Å². The van der Waals surface area contributed by atoms with Gasteiger partial charge in [-0.1, -0.05) is 6.92 Å². The second-order valence-electron chi connectivity index (χ2n) is 3.16. The molecule has 7 heteroatoms. The van der Waals surface area contributed by atoms with Gasteiger partial charge in [-0.2, -0.15) is 0 Å². The average molecular weight is 222 g/mol. The van der Waals surface area contributed by atoms with Crippen molar-refractivity contribution in [1.82, 2.24) is 20.2 Å². The molecule has 7 nitrogen and oxygen atoms in total. The van der Waals surface area contributed by atoms with E-state index in [2.05, 4.69) is 15.5 Å². The topological polar surface area (TPSA) is 94.0 Å². The van der Waals surface area contributed by atoms with Gasteiger partial charge < -0.3 is 9.52 Å². The highest BCUT2D eigenvalue weighted by atomic mass is 16.4. The first-order valence-corrected chi connectivity index (χ1v) is 4.77. The standard InChI is InChI=1S/C9H10N4O3/c1-2-7-6(3-4-16-7)9-10-11-12-13(9)5-8(14)15/h3-4H,2,5H2,1H3,(H,14,15). The lowest BCUT2D eigenvalue weighted by molar-refractivity contribution is -0.137. The lowest BCUT2D eigenvalue weighted by Gasteiger charge is -2.00. The molecule has 0 aromatic carbocycles. The first-order valence-electron chi connectivity index (χ1n) is 4.77. The van der Waals surface area contributed by atoms with Gasteiger partial charge in [-0.05, 0) is 16.5 Å². The fourth-order valence-electron chi connectivity index (χ4n) is 1.45. The number of furan rings is 1. The van der Waals surface area contributed by atoms with Crippen molar-refractivity contribution in [2.75, 3.05) is 0 Å². The normalized spacial score (nSPS) is 10.6. The van der Waals surface area contributed by atoms with Crippen LogP contribution in [0.1, 0.15) is 12.7 Å². The van der Waals surface area contributed by atoms with Gasteiger partial charge >= 0.3 is 5.97 Å². The molecule has 2 rings (SSSR count). The lowest BCUT2D eigenvalue weighted by Crippen LogP contribution is -2.11. The van der Waals surface area contributed by atoms with Crippen molar-refractivity contribution in [1.29, 1.82) is 0 Å². The predicted octanol–water partition coefficient (Wildman–Crippen LogP) is 0.580. The molecule has 0 unspecified atom stereocenters. The number of carboxylic acids is 1. The van der Waals surface area contributed by atoms with Gasteiger partial charge in [0.25, 0.3) is 0 Å². The molecule has 0 aliphatic rings. The van der Waals surface area contributed by atoms with E-state index >= 15 is 0 Å². The fourth-order valence-corrected chi connectivity index (χ4v) is 1.45. The molecule has 0 saturated heterocycles. The van der Waals surface area contributed by atoms with Gasteiger partial charge in [-0.25, -0.2) is 4.68 Å². The Morgan fingerprint density at radius 3 is 3.12 bits per heavy atom. The van der Waals surface area contributed by atoms with Crippen molar-refractivity contribution in [3.8, 4) is 11.4 Å². The number of hydrogen-bond acceptors (Lipinski definition) is 5. The summed E-state index contributed by atoms with van der Waals surface area (Å²) >= 11 is 0. The summed E-state index contributed by atoms with van der Waals surface area (Å²) < 4.78 is 6.47. The van der Waals surface area contributed by atoms with Crippen LogP contribution in [0.15, 0.2) is 16.7 Å². The molecule has 16 heavy (non-hydrogen) atoms. The smallest absolute Gasteiger partial charge is 0.325 e. The van der Waals surface area contributed by atoms with Crippen LogP contribution in [0.4, 0.5) is 0 Å². The lowest BCUT2D eigenvalue weighted by atomic mass is 10.2. The zero-order valence-electron chi connectivity index (χ0n) is 8.62. The molecule has 1 N–H and O–H groups in total. The molecular weight excluding hydrogens is 212 g/mol. The second kappa shape index (κ2) is 4.13. The molecule has 2 heterocycles. The molecule has 0 aliphatic heterocycles. The van der Waals surface area contributed by atoms with E-state index in [1.165, 1.54) is 10.9 Å². The molecule has 0 spiro atoms. The third-order valence-electron chi connectivity index (χ3n) is 2.12. The third kappa shape index (κ3) is 1.79. The first-order chi connectivity index (χ1) is 7.72. The van der Waals surface area contributed by atoms with Crippen molar-refractivity contribution in [2.45, 2.75) is 19.9 Å². The highest BCUT2D eigenvalue weighted by Crippen LogP contribution is 2.22. The number of aromatic nitrogens is 4. The Hall–Kier alpha value is -2.18. The Morgan fingerprint density at radius 2 is 2.44 bits per heavy atom. The number of tetrazole rings is 1. The molecule has 0 bridgehead atoms. The van der Waals surface area contributed by atoms with Gasteiger partial charge in [0, 0.05) is 6.42 Å². The fraction of sp³-hybridized carbons (Fsp3) is 0.333. The minimum Gasteiger partial charge on any atom is -0.480 e. The molecule has 0 atom stereocenters. The largest absolute Gasteiger partial charge is 0.480 e. The Bertz CT molecular complexity index is 502. The van der Waals surface area contributed by atoms with E-state index in [-0.39, 0.29) is 6.54 Å². The maximum atomic E-state index is 10.6. The number of aliphatic carboxylic acids is 1. The Balaban J connectivity index is 2.40. The van der Waals surface area contributed by atoms with Crippen LogP contribution < -0.4 is 0 Å². The number of aryl methyl sites for hydroxylation is 1. The summed E-state index contributed by atoms with van der Waals surface area (Å²) in [6.45, 7) is 1.67. The van der Waals surface area contributed by atoms with Crippen LogP contribution >= 0.6 is 0 Å². The quantitative estimate of drug-likeness (QED) is 0.813. The van der Waals surface area contributed by atoms with E-state index in [9.17, 15) is 4.79 Å². The highest BCUT2D eigenvalue weighted by Gasteiger charge is 2.16. The molecule has 0 radical (unpaired) electrons. The van der Waals surface area contributed by atoms with Crippen LogP contribution in [0.25, 0.3) is 11.4 Å². The van der Waals surface area contributed by atoms with Crippen molar-refractivity contribution < 1.29 is 14.3 Å². The van der Waals surface area contributed by atoms with Crippen molar-refractivity contribution in [2.24, 2.45) is 0 Å². The summed E-state index contributed by atoms with van der Waals surface area (Å²) in [7, 11) is 0. The Kier molecular flexibility index (Phi) is 2.67. The number of rotatable bonds is 4. The van der Waals surface area contributed by atoms with Crippen molar-refractivity contribution in [3.63, 3.8) is 0 Å². The molecule has 2 aromatic heterocycles. The van der Waals surface area contributed by atoms with E-state index < -0.39 is 5.97 Å². The van der Waals surface area contributed by atoms with Crippen molar-refractivity contribution >= 4 is 5.97 Å². The predicted molar refractivity (Wildman–Crippen MR) is 52.5 cm³/mol. The Labute approximate surface area is 90.7 Å². The van der Waals surface area contributed by atoms with E-state index in [1.54, 1.807) is 6.07 Å². The summed E-state index contributed by atoms with van der Waals surface area (Å²) in [6.07, 6.45) is 2.23. The van der Waals surface area contributed by atoms with Gasteiger partial charge in [0.15, 0.2) is 5.82 Å². The maximum Gasteiger partial charge on any atom is 0.325 e. The first kappa shape index (κ1) is 10.3. The maximum absolute atomic E-state index is 10.6. The summed E-state index contributed by atoms with van der Waals surface area (Å²) in [5, 5.41) is 19.6. The second-order valence-corrected chi connectivity index (χ2v) is 3.16. The SMILES string of the molecule is CCc1occc1-c1nnnn1CC(=O)O. The monoisotopic (exact) mass is 222 g/mol. The molecule has 0 aliphatic carbocycles. The summed E-state index contributed by atoms with van der Waals surface area (Å²) in [5.41, 5.74) is 0.730. The van der Waals surface area contributed by atoms with Crippen molar-refractivity contribution in [3.05, 3.63) is 18.1 Å². The van der Waals surface area contributed by atoms with Crippen LogP contribution in [0.2, 0.25) is 0 Å². The molecule has 0 saturated carbocycles. The molecule has 2 aromatic rings. The summed E-state index contributed by atoms with van der Waals surface area (Å²) in [5.74, 6) is 0.157. The van der Waals surface area contributed by atoms with Gasteiger partial charge in [0.05, 0.1) is 11.8 Å². The van der Waals surface area contributed by atoms with Gasteiger partial charge in [0.2, 0.25) is 0 Å². The zero-order chi connectivity index (χ0) is 11.5. The number of nitrogens with zero attached hydrogens (tertiary/aromatic N) is 4. The molecule has 84 valence electrons. The van der Waals surface area contributed by atoms with Gasteiger partial charge in [-0.3, -0.25) is 4.79 Å². The Morgan fingerprint density at radius 1 is 1.62 bits per heavy atom. The minimum atomic E-state index is -0.991. The number of hydrogen-bond donors (Lipinski definition) is 1. The molecule has 0 fully saturated rings. The average Bonchev–Trinajstić information content (AvgIpc) is 2.83. The van der Waals surface area contributed by atoms with E-state index in [0.717, 1.165) is 11.3 Å².